The molecule has 0 unspecified atom stereocenters. The van der Waals surface area contributed by atoms with Crippen LogP contribution >= 0.6 is 0 Å². The maximum Gasteiger partial charge on any atom is 0.136 e. The number of rotatable bonds is 1. The normalized spacial score (nSPS) is 17.3. The number of pyridine rings is 1. The highest BCUT2D eigenvalue weighted by Gasteiger charge is 2.39. The lowest BCUT2D eigenvalue weighted by Crippen LogP contribution is -2.33. The average molecular weight is 406 g/mol. The minimum atomic E-state index is 0.118. The van der Waals surface area contributed by atoms with Gasteiger partial charge < -0.3 is 4.42 Å². The molecule has 0 N–H and O–H groups in total. The van der Waals surface area contributed by atoms with Crippen molar-refractivity contribution in [3.05, 3.63) is 78.0 Å². The number of hydrogen-bond donors (Lipinski definition) is 0. The number of furan rings is 1. The van der Waals surface area contributed by atoms with Crippen LogP contribution in [0.15, 0.2) is 71.3 Å². The van der Waals surface area contributed by atoms with E-state index in [9.17, 15) is 0 Å². The van der Waals surface area contributed by atoms with E-state index in [1.54, 1.807) is 0 Å². The summed E-state index contributed by atoms with van der Waals surface area (Å²) in [4.78, 5) is 4.76. The quantitative estimate of drug-likeness (QED) is 0.281. The molecule has 0 fully saturated rings. The fraction of sp³-hybridized carbons (Fsp3) is 0.276. The molecule has 2 heterocycles. The fourth-order valence-electron chi connectivity index (χ4n) is 5.51. The summed E-state index contributed by atoms with van der Waals surface area (Å²) in [5, 5.41) is 4.83. The van der Waals surface area contributed by atoms with Crippen LogP contribution in [0.25, 0.3) is 44.0 Å². The third kappa shape index (κ3) is 2.67. The highest BCUT2D eigenvalue weighted by molar-refractivity contribution is 6.13. The zero-order valence-electron chi connectivity index (χ0n) is 18.6. The molecule has 6 rings (SSSR count). The Hall–Kier alpha value is -3.13. The van der Waals surface area contributed by atoms with Gasteiger partial charge in [-0.15, -0.1) is 0 Å². The van der Waals surface area contributed by atoms with Crippen molar-refractivity contribution in [3.63, 3.8) is 0 Å². The monoisotopic (exact) mass is 405 g/mol. The first-order valence-corrected chi connectivity index (χ1v) is 11.2. The first kappa shape index (κ1) is 18.6. The summed E-state index contributed by atoms with van der Waals surface area (Å²) in [7, 11) is 0. The van der Waals surface area contributed by atoms with Gasteiger partial charge in [-0.05, 0) is 64.5 Å². The molecule has 2 aromatic heterocycles. The van der Waals surface area contributed by atoms with E-state index in [-0.39, 0.29) is 10.8 Å². The first-order valence-electron chi connectivity index (χ1n) is 11.2. The molecule has 0 radical (unpaired) electrons. The fourth-order valence-corrected chi connectivity index (χ4v) is 5.51. The summed E-state index contributed by atoms with van der Waals surface area (Å²) in [6, 6.07) is 21.5. The van der Waals surface area contributed by atoms with Crippen molar-refractivity contribution in [3.8, 4) is 11.3 Å². The Morgan fingerprint density at radius 1 is 0.774 bits per heavy atom. The van der Waals surface area contributed by atoms with Gasteiger partial charge in [0.1, 0.15) is 11.2 Å². The van der Waals surface area contributed by atoms with Crippen molar-refractivity contribution >= 4 is 32.7 Å². The molecule has 0 saturated carbocycles. The van der Waals surface area contributed by atoms with E-state index in [0.717, 1.165) is 27.8 Å². The van der Waals surface area contributed by atoms with Gasteiger partial charge in [0.15, 0.2) is 0 Å². The number of aromatic nitrogens is 1. The Morgan fingerprint density at radius 2 is 1.55 bits per heavy atom. The predicted octanol–water partition coefficient (Wildman–Crippen LogP) is 8.15. The Bertz CT molecular complexity index is 1470. The first-order chi connectivity index (χ1) is 14.9. The summed E-state index contributed by atoms with van der Waals surface area (Å²) in [5.74, 6) is 0. The summed E-state index contributed by atoms with van der Waals surface area (Å²) < 4.78 is 6.41. The largest absolute Gasteiger partial charge is 0.456 e. The summed E-state index contributed by atoms with van der Waals surface area (Å²) >= 11 is 0. The lowest BCUT2D eigenvalue weighted by atomic mass is 9.62. The second-order valence-corrected chi connectivity index (χ2v) is 10.3. The molecule has 2 heteroatoms. The number of benzene rings is 3. The maximum atomic E-state index is 6.41. The lowest BCUT2D eigenvalue weighted by molar-refractivity contribution is 0.334. The molecule has 0 amide bonds. The van der Waals surface area contributed by atoms with E-state index in [2.05, 4.69) is 82.3 Å². The van der Waals surface area contributed by atoms with Gasteiger partial charge >= 0.3 is 0 Å². The van der Waals surface area contributed by atoms with E-state index >= 15 is 0 Å². The van der Waals surface area contributed by atoms with Crippen molar-refractivity contribution in [2.45, 2.75) is 51.4 Å². The molecule has 154 valence electrons. The molecule has 0 saturated heterocycles. The topological polar surface area (TPSA) is 26.0 Å². The van der Waals surface area contributed by atoms with Crippen LogP contribution in [0.4, 0.5) is 0 Å². The molecular formula is C29H27NO. The predicted molar refractivity (Wildman–Crippen MR) is 130 cm³/mol. The van der Waals surface area contributed by atoms with Crippen LogP contribution < -0.4 is 0 Å². The second-order valence-electron chi connectivity index (χ2n) is 10.3. The van der Waals surface area contributed by atoms with E-state index in [1.807, 2.05) is 12.3 Å². The van der Waals surface area contributed by atoms with Gasteiger partial charge in [0.25, 0.3) is 0 Å². The molecule has 0 aliphatic heterocycles. The van der Waals surface area contributed by atoms with E-state index in [0.29, 0.717) is 0 Å². The Kier molecular flexibility index (Phi) is 3.72. The molecule has 0 atom stereocenters. The standard InChI is InChI=1S/C29H27NO/c1-28(2)13-14-29(3,4)26-22(28)10-11-23-25(26)21-17-20-19(16-24(21)31-23)12-15-30-27(20)18-8-6-5-7-9-18/h5-12,15-17H,13-14H2,1-4H3. The molecule has 0 bridgehead atoms. The van der Waals surface area contributed by atoms with Crippen LogP contribution in [-0.4, -0.2) is 4.98 Å². The zero-order valence-corrected chi connectivity index (χ0v) is 18.6. The van der Waals surface area contributed by atoms with Crippen molar-refractivity contribution in [2.75, 3.05) is 0 Å². The average Bonchev–Trinajstić information content (AvgIpc) is 3.12. The maximum absolute atomic E-state index is 6.41. The molecule has 2 nitrogen and oxygen atoms in total. The van der Waals surface area contributed by atoms with Crippen LogP contribution in [0, 0.1) is 0 Å². The van der Waals surface area contributed by atoms with Crippen LogP contribution in [0.1, 0.15) is 51.7 Å². The highest BCUT2D eigenvalue weighted by atomic mass is 16.3. The van der Waals surface area contributed by atoms with Crippen molar-refractivity contribution in [1.29, 1.82) is 0 Å². The summed E-state index contributed by atoms with van der Waals surface area (Å²) in [6.45, 7) is 9.53. The van der Waals surface area contributed by atoms with Crippen LogP contribution in [0.5, 0.6) is 0 Å². The van der Waals surface area contributed by atoms with Gasteiger partial charge in [-0.25, -0.2) is 0 Å². The second kappa shape index (κ2) is 6.20. The van der Waals surface area contributed by atoms with E-state index in [1.165, 1.54) is 40.1 Å². The summed E-state index contributed by atoms with van der Waals surface area (Å²) in [6.07, 6.45) is 4.29. The summed E-state index contributed by atoms with van der Waals surface area (Å²) in [5.41, 5.74) is 7.34. The molecule has 1 aliphatic rings. The molecule has 3 aromatic carbocycles. The SMILES string of the molecule is CC1(C)CCC(C)(C)c2c1ccc1oc3cc4ccnc(-c5ccccc5)c4cc3c21. The number of fused-ring (bicyclic) bond motifs is 6. The van der Waals surface area contributed by atoms with Gasteiger partial charge in [-0.2, -0.15) is 0 Å². The Balaban J connectivity index is 1.75. The third-order valence-electron chi connectivity index (χ3n) is 7.35. The van der Waals surface area contributed by atoms with Crippen LogP contribution in [0.3, 0.4) is 0 Å². The van der Waals surface area contributed by atoms with Crippen LogP contribution in [-0.2, 0) is 10.8 Å². The lowest BCUT2D eigenvalue weighted by Gasteiger charge is -2.42. The molecule has 0 spiro atoms. The zero-order chi connectivity index (χ0) is 21.4. The minimum absolute atomic E-state index is 0.118. The Morgan fingerprint density at radius 3 is 2.35 bits per heavy atom. The van der Waals surface area contributed by atoms with Gasteiger partial charge in [0.05, 0.1) is 5.69 Å². The molecule has 31 heavy (non-hydrogen) atoms. The third-order valence-corrected chi connectivity index (χ3v) is 7.35. The van der Waals surface area contributed by atoms with Crippen LogP contribution in [0.2, 0.25) is 0 Å². The van der Waals surface area contributed by atoms with Gasteiger partial charge in [0, 0.05) is 27.9 Å². The smallest absolute Gasteiger partial charge is 0.136 e. The highest BCUT2D eigenvalue weighted by Crippen LogP contribution is 2.50. The Labute approximate surface area is 182 Å². The van der Waals surface area contributed by atoms with Gasteiger partial charge in [-0.1, -0.05) is 64.1 Å². The van der Waals surface area contributed by atoms with E-state index < -0.39 is 0 Å². The number of nitrogens with zero attached hydrogens (tertiary/aromatic N) is 1. The minimum Gasteiger partial charge on any atom is -0.456 e. The molecule has 5 aromatic rings. The van der Waals surface area contributed by atoms with Gasteiger partial charge in [-0.3, -0.25) is 4.98 Å². The van der Waals surface area contributed by atoms with Gasteiger partial charge in [0.2, 0.25) is 0 Å². The molecule has 1 aliphatic carbocycles. The number of hydrogen-bond acceptors (Lipinski definition) is 2. The van der Waals surface area contributed by atoms with E-state index in [4.69, 9.17) is 9.40 Å². The van der Waals surface area contributed by atoms with Crippen molar-refractivity contribution in [1.82, 2.24) is 4.98 Å². The van der Waals surface area contributed by atoms with Crippen molar-refractivity contribution < 1.29 is 4.42 Å². The molecular weight excluding hydrogens is 378 g/mol. The van der Waals surface area contributed by atoms with Crippen molar-refractivity contribution in [2.24, 2.45) is 0 Å².